The first-order valence-electron chi connectivity index (χ1n) is 8.61. The summed E-state index contributed by atoms with van der Waals surface area (Å²) >= 11 is 0. The molecule has 1 atom stereocenters. The maximum absolute atomic E-state index is 14.4. The third-order valence-electron chi connectivity index (χ3n) is 4.49. The van der Waals surface area contributed by atoms with Gasteiger partial charge in [0.1, 0.15) is 17.5 Å². The summed E-state index contributed by atoms with van der Waals surface area (Å²) in [5.74, 6) is 0.166. The van der Waals surface area contributed by atoms with Crippen LogP contribution < -0.4 is 10.6 Å². The molecular formula is C17H20ClFN8O. The lowest BCUT2D eigenvalue weighted by molar-refractivity contribution is -0.118. The number of carbonyl (C=O) groups excluding carboxylic acids is 1. The number of nitrogens with zero attached hydrogens (tertiary/aromatic N) is 6. The molecule has 1 aromatic carbocycles. The first kappa shape index (κ1) is 19.9. The van der Waals surface area contributed by atoms with Crippen molar-refractivity contribution in [3.05, 3.63) is 47.8 Å². The minimum absolute atomic E-state index is 0. The molecule has 0 aliphatic heterocycles. The molecule has 1 amide bonds. The number of hydrogen-bond acceptors (Lipinski definition) is 6. The van der Waals surface area contributed by atoms with Gasteiger partial charge in [-0.2, -0.15) is 9.78 Å². The fraction of sp³-hybridized carbons (Fsp3) is 0.353. The van der Waals surface area contributed by atoms with Gasteiger partial charge in [-0.1, -0.05) is 0 Å². The molecule has 2 heterocycles. The molecule has 2 aromatic heterocycles. The van der Waals surface area contributed by atoms with E-state index >= 15 is 0 Å². The number of hydrogen-bond donors (Lipinski definition) is 2. The van der Waals surface area contributed by atoms with Crippen molar-refractivity contribution in [2.45, 2.75) is 24.8 Å². The lowest BCUT2D eigenvalue weighted by Gasteiger charge is -2.15. The van der Waals surface area contributed by atoms with E-state index in [0.29, 0.717) is 11.5 Å². The second kappa shape index (κ2) is 8.03. The second-order valence-electron chi connectivity index (χ2n) is 6.55. The predicted molar refractivity (Wildman–Crippen MR) is 102 cm³/mol. The average molecular weight is 407 g/mol. The number of halogens is 2. The smallest absolute Gasteiger partial charge is 0.246 e. The monoisotopic (exact) mass is 406 g/mol. The van der Waals surface area contributed by atoms with Crippen LogP contribution in [0.15, 0.2) is 30.6 Å². The Bertz CT molecular complexity index is 983. The summed E-state index contributed by atoms with van der Waals surface area (Å²) in [5.41, 5.74) is 1.40. The fourth-order valence-corrected chi connectivity index (χ4v) is 2.97. The molecule has 1 aliphatic rings. The maximum Gasteiger partial charge on any atom is 0.246 e. The number of anilines is 1. The Morgan fingerprint density at radius 2 is 2.14 bits per heavy atom. The van der Waals surface area contributed by atoms with E-state index < -0.39 is 11.9 Å². The number of likely N-dealkylation sites (N-methyl/N-ethyl adjacent to an activating group) is 1. The largest absolute Gasteiger partial charge is 0.324 e. The van der Waals surface area contributed by atoms with Gasteiger partial charge >= 0.3 is 0 Å². The van der Waals surface area contributed by atoms with E-state index in [1.807, 2.05) is 0 Å². The summed E-state index contributed by atoms with van der Waals surface area (Å²) in [6.45, 7) is 0. The van der Waals surface area contributed by atoms with Crippen LogP contribution in [0.5, 0.6) is 0 Å². The van der Waals surface area contributed by atoms with Crippen molar-refractivity contribution < 1.29 is 9.18 Å². The lowest BCUT2D eigenvalue weighted by Crippen LogP contribution is -2.30. The van der Waals surface area contributed by atoms with Crippen molar-refractivity contribution in [1.29, 1.82) is 0 Å². The van der Waals surface area contributed by atoms with Gasteiger partial charge < -0.3 is 10.6 Å². The molecule has 0 bridgehead atoms. The molecule has 4 rings (SSSR count). The number of benzene rings is 1. The quantitative estimate of drug-likeness (QED) is 0.646. The predicted octanol–water partition coefficient (Wildman–Crippen LogP) is 1.73. The van der Waals surface area contributed by atoms with Crippen LogP contribution in [0.2, 0.25) is 0 Å². The van der Waals surface area contributed by atoms with Gasteiger partial charge in [-0.05, 0) is 48.5 Å². The number of aryl methyl sites for hydroxylation is 1. The zero-order valence-corrected chi connectivity index (χ0v) is 16.1. The summed E-state index contributed by atoms with van der Waals surface area (Å²) in [4.78, 5) is 12.7. The molecule has 3 aromatic rings. The topological polar surface area (TPSA) is 103 Å². The normalized spacial score (nSPS) is 14.4. The Labute approximate surface area is 166 Å². The van der Waals surface area contributed by atoms with E-state index in [9.17, 15) is 9.18 Å². The maximum atomic E-state index is 14.4. The number of carbonyl (C=O) groups is 1. The molecule has 0 saturated heterocycles. The van der Waals surface area contributed by atoms with Crippen molar-refractivity contribution in [2.75, 3.05) is 12.4 Å². The number of rotatable bonds is 6. The van der Waals surface area contributed by atoms with Crippen LogP contribution in [-0.2, 0) is 11.8 Å². The van der Waals surface area contributed by atoms with Gasteiger partial charge in [0.2, 0.25) is 5.91 Å². The Kier molecular flexibility index (Phi) is 5.71. The van der Waals surface area contributed by atoms with Crippen LogP contribution in [0.25, 0.3) is 5.69 Å². The van der Waals surface area contributed by atoms with Crippen LogP contribution in [0.1, 0.15) is 36.2 Å². The van der Waals surface area contributed by atoms with Crippen molar-refractivity contribution in [2.24, 2.45) is 7.05 Å². The Balaban J connectivity index is 0.00000225. The zero-order valence-electron chi connectivity index (χ0n) is 15.3. The Morgan fingerprint density at radius 1 is 1.36 bits per heavy atom. The van der Waals surface area contributed by atoms with Crippen molar-refractivity contribution in [1.82, 2.24) is 35.3 Å². The summed E-state index contributed by atoms with van der Waals surface area (Å²) in [7, 11) is 3.47. The van der Waals surface area contributed by atoms with Crippen molar-refractivity contribution in [3.8, 4) is 5.69 Å². The van der Waals surface area contributed by atoms with Gasteiger partial charge in [0.15, 0.2) is 5.82 Å². The van der Waals surface area contributed by atoms with E-state index in [0.717, 1.165) is 18.4 Å². The highest BCUT2D eigenvalue weighted by atomic mass is 35.5. The standard InChI is InChI=1S/C17H19FN8O.ClH/c1-19-15(11-8-20-25(2)9-11)17(27)21-12-5-6-13(18)14(7-12)26-16(10-3-4-10)22-23-24-26;/h5-10,15,19H,3-4H2,1-2H3,(H,21,27);1H. The zero-order chi connectivity index (χ0) is 19.0. The molecule has 0 radical (unpaired) electrons. The lowest BCUT2D eigenvalue weighted by atomic mass is 10.1. The third kappa shape index (κ3) is 3.87. The molecule has 1 fully saturated rings. The van der Waals surface area contributed by atoms with Crippen LogP contribution in [0, 0.1) is 5.82 Å². The summed E-state index contributed by atoms with van der Waals surface area (Å²) in [6, 6.07) is 3.75. The van der Waals surface area contributed by atoms with Gasteiger partial charge in [-0.15, -0.1) is 17.5 Å². The SMILES string of the molecule is CNC(C(=O)Nc1ccc(F)c(-n2nnnc2C2CC2)c1)c1cnn(C)c1.Cl. The number of tetrazole rings is 1. The van der Waals surface area contributed by atoms with E-state index in [2.05, 4.69) is 31.3 Å². The van der Waals surface area contributed by atoms with Gasteiger partial charge in [-0.25, -0.2) is 4.39 Å². The van der Waals surface area contributed by atoms with Gasteiger partial charge in [0.25, 0.3) is 0 Å². The Hall–Kier alpha value is -2.85. The average Bonchev–Trinajstić information content (AvgIpc) is 3.22. The molecule has 28 heavy (non-hydrogen) atoms. The first-order valence-corrected chi connectivity index (χ1v) is 8.61. The van der Waals surface area contributed by atoms with Crippen LogP contribution in [0.3, 0.4) is 0 Å². The highest BCUT2D eigenvalue weighted by Crippen LogP contribution is 2.39. The molecule has 1 unspecified atom stereocenters. The third-order valence-corrected chi connectivity index (χ3v) is 4.49. The van der Waals surface area contributed by atoms with E-state index in [-0.39, 0.29) is 29.9 Å². The fourth-order valence-electron chi connectivity index (χ4n) is 2.97. The molecule has 11 heteroatoms. The Morgan fingerprint density at radius 3 is 2.79 bits per heavy atom. The number of nitrogens with one attached hydrogen (secondary N) is 2. The van der Waals surface area contributed by atoms with E-state index in [1.165, 1.54) is 22.9 Å². The molecule has 148 valence electrons. The summed E-state index contributed by atoms with van der Waals surface area (Å²) < 4.78 is 17.4. The van der Waals surface area contributed by atoms with Gasteiger partial charge in [-0.3, -0.25) is 9.48 Å². The van der Waals surface area contributed by atoms with E-state index in [1.54, 1.807) is 31.2 Å². The molecule has 1 aliphatic carbocycles. The highest BCUT2D eigenvalue weighted by Gasteiger charge is 2.30. The van der Waals surface area contributed by atoms with Crippen molar-refractivity contribution >= 4 is 24.0 Å². The summed E-state index contributed by atoms with van der Waals surface area (Å²) in [5, 5.41) is 21.4. The minimum Gasteiger partial charge on any atom is -0.324 e. The van der Waals surface area contributed by atoms with E-state index in [4.69, 9.17) is 0 Å². The summed E-state index contributed by atoms with van der Waals surface area (Å²) in [6.07, 6.45) is 5.38. The molecule has 9 nitrogen and oxygen atoms in total. The highest BCUT2D eigenvalue weighted by molar-refractivity contribution is 5.95. The van der Waals surface area contributed by atoms with Crippen LogP contribution >= 0.6 is 12.4 Å². The van der Waals surface area contributed by atoms with Crippen LogP contribution in [0.4, 0.5) is 10.1 Å². The first-order chi connectivity index (χ1) is 13.1. The van der Waals surface area contributed by atoms with Crippen molar-refractivity contribution in [3.63, 3.8) is 0 Å². The van der Waals surface area contributed by atoms with Gasteiger partial charge in [0.05, 0.1) is 6.20 Å². The van der Waals surface area contributed by atoms with Gasteiger partial charge in [0, 0.05) is 30.4 Å². The minimum atomic E-state index is -0.581. The second-order valence-corrected chi connectivity index (χ2v) is 6.55. The molecular weight excluding hydrogens is 387 g/mol. The molecule has 1 saturated carbocycles. The molecule has 2 N–H and O–H groups in total. The van der Waals surface area contributed by atoms with Crippen LogP contribution in [-0.4, -0.2) is 42.9 Å². The number of aromatic nitrogens is 6. The molecule has 0 spiro atoms. The number of amides is 1.